The molecule has 2 heterocycles. The predicted molar refractivity (Wildman–Crippen MR) is 88.6 cm³/mol. The van der Waals surface area contributed by atoms with Crippen LogP contribution in [0.5, 0.6) is 11.5 Å². The molecule has 0 spiro atoms. The maximum absolute atomic E-state index is 12.3. The minimum Gasteiger partial charge on any atom is -0.486 e. The average Bonchev–Trinajstić information content (AvgIpc) is 2.98. The first kappa shape index (κ1) is 16.5. The number of aromatic nitrogens is 1. The Kier molecular flexibility index (Phi) is 4.84. The van der Waals surface area contributed by atoms with Crippen molar-refractivity contribution in [3.05, 3.63) is 35.7 Å². The van der Waals surface area contributed by atoms with Gasteiger partial charge in [-0.15, -0.1) is 0 Å². The number of carbonyl (C=O) groups is 1. The van der Waals surface area contributed by atoms with Crippen LogP contribution in [0.2, 0.25) is 0 Å². The fraction of sp³-hybridized carbons (Fsp3) is 0.375. The van der Waals surface area contributed by atoms with Crippen LogP contribution >= 0.6 is 0 Å². The molecular weight excluding hydrogens is 332 g/mol. The molecule has 8 heteroatoms. The molecule has 7 nitrogen and oxygen atoms in total. The molecule has 0 fully saturated rings. The highest BCUT2D eigenvalue weighted by Crippen LogP contribution is 2.32. The Morgan fingerprint density at radius 2 is 2.04 bits per heavy atom. The van der Waals surface area contributed by atoms with Crippen LogP contribution in [0.15, 0.2) is 28.8 Å². The van der Waals surface area contributed by atoms with E-state index in [4.69, 9.17) is 14.0 Å². The molecule has 2 aromatic rings. The molecule has 1 aliphatic rings. The Balaban J connectivity index is 1.62. The summed E-state index contributed by atoms with van der Waals surface area (Å²) in [6.45, 7) is 4.37. The van der Waals surface area contributed by atoms with Crippen molar-refractivity contribution in [3.63, 3.8) is 0 Å². The largest absolute Gasteiger partial charge is 0.486 e. The van der Waals surface area contributed by atoms with Crippen molar-refractivity contribution in [2.75, 3.05) is 18.5 Å². The van der Waals surface area contributed by atoms with Crippen molar-refractivity contribution < 1.29 is 23.0 Å². The van der Waals surface area contributed by atoms with Crippen molar-refractivity contribution in [3.8, 4) is 11.5 Å². The number of ether oxygens (including phenoxy) is 2. The summed E-state index contributed by atoms with van der Waals surface area (Å²) >= 11 is 0. The van der Waals surface area contributed by atoms with Gasteiger partial charge in [0.2, 0.25) is 5.91 Å². The lowest BCUT2D eigenvalue weighted by atomic mass is 10.2. The van der Waals surface area contributed by atoms with Gasteiger partial charge in [-0.3, -0.25) is 9.00 Å². The van der Waals surface area contributed by atoms with Gasteiger partial charge >= 0.3 is 0 Å². The SMILES string of the molecule is Cc1cc(C[S@@](=O)[C@H](C)C(=O)Nc2ccc3c(c2)OCCO3)no1. The molecule has 3 rings (SSSR count). The molecule has 1 aromatic carbocycles. The Labute approximate surface area is 141 Å². The van der Waals surface area contributed by atoms with Gasteiger partial charge in [-0.05, 0) is 26.0 Å². The first-order chi connectivity index (χ1) is 11.5. The number of amides is 1. The molecule has 0 radical (unpaired) electrons. The van der Waals surface area contributed by atoms with Gasteiger partial charge in [0.05, 0.1) is 11.4 Å². The van der Waals surface area contributed by atoms with E-state index < -0.39 is 16.0 Å². The number of hydrogen-bond donors (Lipinski definition) is 1. The summed E-state index contributed by atoms with van der Waals surface area (Å²) in [5.41, 5.74) is 1.15. The van der Waals surface area contributed by atoms with Gasteiger partial charge in [0.25, 0.3) is 0 Å². The molecule has 0 unspecified atom stereocenters. The molecule has 2 atom stereocenters. The van der Waals surface area contributed by atoms with E-state index in [1.807, 2.05) is 0 Å². The smallest absolute Gasteiger partial charge is 0.239 e. The predicted octanol–water partition coefficient (Wildman–Crippen LogP) is 2.03. The summed E-state index contributed by atoms with van der Waals surface area (Å²) in [6.07, 6.45) is 0. The lowest BCUT2D eigenvalue weighted by molar-refractivity contribution is -0.115. The van der Waals surface area contributed by atoms with Gasteiger partial charge in [0, 0.05) is 28.6 Å². The third kappa shape index (κ3) is 3.76. The lowest BCUT2D eigenvalue weighted by Crippen LogP contribution is -2.29. The minimum atomic E-state index is -1.40. The average molecular weight is 350 g/mol. The number of fused-ring (bicyclic) bond motifs is 1. The Bertz CT molecular complexity index is 774. The highest BCUT2D eigenvalue weighted by molar-refractivity contribution is 7.85. The normalized spacial score (nSPS) is 15.6. The van der Waals surface area contributed by atoms with E-state index in [-0.39, 0.29) is 11.7 Å². The van der Waals surface area contributed by atoms with E-state index in [0.29, 0.717) is 41.9 Å². The molecule has 1 N–H and O–H groups in total. The zero-order chi connectivity index (χ0) is 17.1. The van der Waals surface area contributed by atoms with Crippen molar-refractivity contribution >= 4 is 22.4 Å². The van der Waals surface area contributed by atoms with E-state index in [0.717, 1.165) is 0 Å². The maximum atomic E-state index is 12.3. The molecule has 0 saturated heterocycles. The fourth-order valence-electron chi connectivity index (χ4n) is 2.24. The van der Waals surface area contributed by atoms with Gasteiger partial charge < -0.3 is 19.3 Å². The van der Waals surface area contributed by atoms with Crippen LogP contribution < -0.4 is 14.8 Å². The van der Waals surface area contributed by atoms with Gasteiger partial charge in [0.15, 0.2) is 11.5 Å². The molecular formula is C16H18N2O5S. The van der Waals surface area contributed by atoms with Gasteiger partial charge in [-0.2, -0.15) is 0 Å². The van der Waals surface area contributed by atoms with Gasteiger partial charge in [-0.25, -0.2) is 0 Å². The van der Waals surface area contributed by atoms with Crippen molar-refractivity contribution in [1.29, 1.82) is 0 Å². The number of aryl methyl sites for hydroxylation is 1. The summed E-state index contributed by atoms with van der Waals surface area (Å²) in [7, 11) is -1.40. The van der Waals surface area contributed by atoms with Crippen LogP contribution in [-0.2, 0) is 21.3 Å². The third-order valence-electron chi connectivity index (χ3n) is 3.54. The summed E-state index contributed by atoms with van der Waals surface area (Å²) in [5, 5.41) is 5.87. The first-order valence-corrected chi connectivity index (χ1v) is 8.91. The molecule has 1 aromatic heterocycles. The van der Waals surface area contributed by atoms with Crippen molar-refractivity contribution in [1.82, 2.24) is 5.16 Å². The van der Waals surface area contributed by atoms with Crippen LogP contribution in [0, 0.1) is 6.92 Å². The van der Waals surface area contributed by atoms with Crippen LogP contribution in [-0.4, -0.2) is 33.7 Å². The molecule has 128 valence electrons. The number of anilines is 1. The summed E-state index contributed by atoms with van der Waals surface area (Å²) in [5.74, 6) is 1.73. The number of carbonyl (C=O) groups excluding carboxylic acids is 1. The molecule has 1 aliphatic heterocycles. The van der Waals surface area contributed by atoms with Crippen LogP contribution in [0.4, 0.5) is 5.69 Å². The van der Waals surface area contributed by atoms with E-state index in [1.165, 1.54) is 0 Å². The van der Waals surface area contributed by atoms with Gasteiger partial charge in [-0.1, -0.05) is 5.16 Å². The second kappa shape index (κ2) is 7.04. The molecule has 1 amide bonds. The zero-order valence-corrected chi connectivity index (χ0v) is 14.2. The van der Waals surface area contributed by atoms with E-state index >= 15 is 0 Å². The Morgan fingerprint density at radius 1 is 1.29 bits per heavy atom. The highest BCUT2D eigenvalue weighted by Gasteiger charge is 2.22. The monoisotopic (exact) mass is 350 g/mol. The molecule has 0 bridgehead atoms. The fourth-order valence-corrected chi connectivity index (χ4v) is 3.22. The van der Waals surface area contributed by atoms with Crippen molar-refractivity contribution in [2.24, 2.45) is 0 Å². The van der Waals surface area contributed by atoms with Crippen LogP contribution in [0.1, 0.15) is 18.4 Å². The Morgan fingerprint density at radius 3 is 2.75 bits per heavy atom. The highest BCUT2D eigenvalue weighted by atomic mass is 32.2. The number of nitrogens with one attached hydrogen (secondary N) is 1. The van der Waals surface area contributed by atoms with Crippen molar-refractivity contribution in [2.45, 2.75) is 24.9 Å². The van der Waals surface area contributed by atoms with E-state index in [1.54, 1.807) is 38.1 Å². The van der Waals surface area contributed by atoms with Crippen LogP contribution in [0.25, 0.3) is 0 Å². The molecule has 24 heavy (non-hydrogen) atoms. The zero-order valence-electron chi connectivity index (χ0n) is 13.4. The minimum absolute atomic E-state index is 0.174. The summed E-state index contributed by atoms with van der Waals surface area (Å²) < 4.78 is 28.2. The van der Waals surface area contributed by atoms with E-state index in [9.17, 15) is 9.00 Å². The summed E-state index contributed by atoms with van der Waals surface area (Å²) in [4.78, 5) is 12.3. The lowest BCUT2D eigenvalue weighted by Gasteiger charge is -2.19. The quantitative estimate of drug-likeness (QED) is 0.887. The first-order valence-electron chi connectivity index (χ1n) is 7.53. The number of benzene rings is 1. The molecule has 0 saturated carbocycles. The van der Waals surface area contributed by atoms with E-state index in [2.05, 4.69) is 10.5 Å². The summed E-state index contributed by atoms with van der Waals surface area (Å²) in [6, 6.07) is 6.87. The Hall–Kier alpha value is -2.35. The molecule has 0 aliphatic carbocycles. The topological polar surface area (TPSA) is 90.7 Å². The standard InChI is InChI=1S/C16H18N2O5S/c1-10-7-13(18-23-10)9-24(20)11(2)16(19)17-12-3-4-14-15(8-12)22-6-5-21-14/h3-4,7-8,11H,5-6,9H2,1-2H3,(H,17,19)/t11-,24-/m1/s1. The second-order valence-corrected chi connectivity index (χ2v) is 7.20. The maximum Gasteiger partial charge on any atom is 0.239 e. The second-order valence-electron chi connectivity index (χ2n) is 5.44. The third-order valence-corrected chi connectivity index (χ3v) is 5.12. The number of nitrogens with zero attached hydrogens (tertiary/aromatic N) is 1. The van der Waals surface area contributed by atoms with Crippen LogP contribution in [0.3, 0.4) is 0 Å². The number of rotatable bonds is 5. The number of hydrogen-bond acceptors (Lipinski definition) is 6. The van der Waals surface area contributed by atoms with Gasteiger partial charge in [0.1, 0.15) is 24.2 Å².